The van der Waals surface area contributed by atoms with E-state index in [9.17, 15) is 9.59 Å². The Hall–Kier alpha value is -1.84. The fraction of sp³-hybridized carbons (Fsp3) is 0.529. The van der Waals surface area contributed by atoms with Gasteiger partial charge in [0.2, 0.25) is 0 Å². The van der Waals surface area contributed by atoms with Crippen molar-refractivity contribution in [1.29, 1.82) is 0 Å². The number of ketones is 1. The number of esters is 1. The zero-order valence-electron chi connectivity index (χ0n) is 12.7. The lowest BCUT2D eigenvalue weighted by Gasteiger charge is -2.35. The molecule has 1 aromatic rings. The lowest BCUT2D eigenvalue weighted by atomic mass is 9.66. The van der Waals surface area contributed by atoms with Crippen LogP contribution in [-0.2, 0) is 19.7 Å². The van der Waals surface area contributed by atoms with E-state index in [4.69, 9.17) is 9.47 Å². The summed E-state index contributed by atoms with van der Waals surface area (Å²) in [5.74, 6) is 0.528. The topological polar surface area (TPSA) is 52.6 Å². The van der Waals surface area contributed by atoms with E-state index in [1.807, 2.05) is 24.3 Å². The third-order valence-electron chi connectivity index (χ3n) is 4.16. The van der Waals surface area contributed by atoms with Gasteiger partial charge in [0, 0.05) is 6.42 Å². The summed E-state index contributed by atoms with van der Waals surface area (Å²) in [5.41, 5.74) is 0.110. The molecule has 0 aliphatic heterocycles. The van der Waals surface area contributed by atoms with Gasteiger partial charge in [-0.05, 0) is 37.5 Å². The zero-order valence-corrected chi connectivity index (χ0v) is 12.7. The molecule has 0 radical (unpaired) electrons. The van der Waals surface area contributed by atoms with E-state index in [1.54, 1.807) is 14.0 Å². The molecule has 1 atom stereocenters. The van der Waals surface area contributed by atoms with Crippen LogP contribution in [0.25, 0.3) is 0 Å². The fourth-order valence-electron chi connectivity index (χ4n) is 3.06. The van der Waals surface area contributed by atoms with Crippen molar-refractivity contribution in [3.63, 3.8) is 0 Å². The summed E-state index contributed by atoms with van der Waals surface area (Å²) in [4.78, 5) is 24.6. The van der Waals surface area contributed by atoms with E-state index in [-0.39, 0.29) is 18.2 Å². The molecule has 1 saturated carbocycles. The second-order valence-corrected chi connectivity index (χ2v) is 5.43. The minimum atomic E-state index is -0.751. The molecule has 4 heteroatoms. The average molecular weight is 290 g/mol. The molecule has 0 aromatic heterocycles. The number of methoxy groups -OCH3 is 1. The SMILES string of the molecule is CCOC(=O)C[C@@]1(c2cccc(OC)c2)CCCCC1=O. The van der Waals surface area contributed by atoms with Gasteiger partial charge in [0.15, 0.2) is 0 Å². The van der Waals surface area contributed by atoms with Crippen LogP contribution < -0.4 is 4.74 Å². The van der Waals surface area contributed by atoms with Crippen molar-refractivity contribution >= 4 is 11.8 Å². The first kappa shape index (κ1) is 15.5. The molecule has 0 saturated heterocycles. The van der Waals surface area contributed by atoms with Crippen LogP contribution in [-0.4, -0.2) is 25.5 Å². The molecule has 1 fully saturated rings. The Balaban J connectivity index is 2.39. The minimum Gasteiger partial charge on any atom is -0.497 e. The highest BCUT2D eigenvalue weighted by molar-refractivity contribution is 5.94. The maximum Gasteiger partial charge on any atom is 0.307 e. The predicted octanol–water partition coefficient (Wildman–Crippen LogP) is 3.03. The van der Waals surface area contributed by atoms with Gasteiger partial charge < -0.3 is 9.47 Å². The van der Waals surface area contributed by atoms with Crippen molar-refractivity contribution in [2.75, 3.05) is 13.7 Å². The van der Waals surface area contributed by atoms with Gasteiger partial charge >= 0.3 is 5.97 Å². The average Bonchev–Trinajstić information content (AvgIpc) is 2.50. The number of benzene rings is 1. The molecule has 0 N–H and O–H groups in total. The van der Waals surface area contributed by atoms with E-state index >= 15 is 0 Å². The van der Waals surface area contributed by atoms with Crippen LogP contribution in [0.5, 0.6) is 5.75 Å². The molecule has 0 heterocycles. The summed E-state index contributed by atoms with van der Waals surface area (Å²) < 4.78 is 10.3. The number of carbonyl (C=O) groups is 2. The molecule has 21 heavy (non-hydrogen) atoms. The first-order valence-electron chi connectivity index (χ1n) is 7.46. The van der Waals surface area contributed by atoms with E-state index in [1.165, 1.54) is 0 Å². The molecule has 1 aliphatic rings. The molecular weight excluding hydrogens is 268 g/mol. The zero-order chi connectivity index (χ0) is 15.3. The van der Waals surface area contributed by atoms with Crippen LogP contribution in [0.15, 0.2) is 24.3 Å². The Bertz CT molecular complexity index is 523. The highest BCUT2D eigenvalue weighted by Crippen LogP contribution is 2.41. The van der Waals surface area contributed by atoms with Crippen molar-refractivity contribution in [1.82, 2.24) is 0 Å². The molecule has 0 spiro atoms. The monoisotopic (exact) mass is 290 g/mol. The summed E-state index contributed by atoms with van der Waals surface area (Å²) >= 11 is 0. The Labute approximate surface area is 125 Å². The summed E-state index contributed by atoms with van der Waals surface area (Å²) in [5, 5.41) is 0. The number of hydrogen-bond acceptors (Lipinski definition) is 4. The van der Waals surface area contributed by atoms with Gasteiger partial charge in [0.05, 0.1) is 25.6 Å². The summed E-state index contributed by atoms with van der Waals surface area (Å²) in [6.07, 6.45) is 3.18. The van der Waals surface area contributed by atoms with Crippen molar-refractivity contribution in [2.24, 2.45) is 0 Å². The van der Waals surface area contributed by atoms with E-state index in [2.05, 4.69) is 0 Å². The molecule has 4 nitrogen and oxygen atoms in total. The lowest BCUT2D eigenvalue weighted by Crippen LogP contribution is -2.41. The third kappa shape index (κ3) is 3.26. The van der Waals surface area contributed by atoms with Crippen LogP contribution in [0, 0.1) is 0 Å². The highest BCUT2D eigenvalue weighted by Gasteiger charge is 2.43. The summed E-state index contributed by atoms with van der Waals surface area (Å²) in [7, 11) is 1.60. The largest absolute Gasteiger partial charge is 0.497 e. The van der Waals surface area contributed by atoms with Crippen molar-refractivity contribution in [2.45, 2.75) is 44.4 Å². The minimum absolute atomic E-state index is 0.118. The van der Waals surface area contributed by atoms with Crippen LogP contribution in [0.3, 0.4) is 0 Å². The molecule has 1 aromatic carbocycles. The molecule has 114 valence electrons. The van der Waals surface area contributed by atoms with Gasteiger partial charge in [-0.15, -0.1) is 0 Å². The fourth-order valence-corrected chi connectivity index (χ4v) is 3.06. The maximum absolute atomic E-state index is 12.6. The first-order valence-corrected chi connectivity index (χ1v) is 7.46. The van der Waals surface area contributed by atoms with Crippen LogP contribution >= 0.6 is 0 Å². The Kier molecular flexibility index (Phi) is 4.99. The Morgan fingerprint density at radius 1 is 1.33 bits per heavy atom. The maximum atomic E-state index is 12.6. The quantitative estimate of drug-likeness (QED) is 0.782. The molecular formula is C17H22O4. The summed E-state index contributed by atoms with van der Waals surface area (Å²) in [6.45, 7) is 2.11. The van der Waals surface area contributed by atoms with Gasteiger partial charge in [0.25, 0.3) is 0 Å². The number of rotatable bonds is 5. The van der Waals surface area contributed by atoms with Crippen molar-refractivity contribution in [3.05, 3.63) is 29.8 Å². The molecule has 0 bridgehead atoms. The summed E-state index contributed by atoms with van der Waals surface area (Å²) in [6, 6.07) is 7.48. The van der Waals surface area contributed by atoms with Crippen LogP contribution in [0.1, 0.15) is 44.6 Å². The second-order valence-electron chi connectivity index (χ2n) is 5.43. The van der Waals surface area contributed by atoms with Gasteiger partial charge in [-0.1, -0.05) is 18.6 Å². The lowest BCUT2D eigenvalue weighted by molar-refractivity contribution is -0.147. The van der Waals surface area contributed by atoms with E-state index < -0.39 is 5.41 Å². The Morgan fingerprint density at radius 3 is 2.81 bits per heavy atom. The second kappa shape index (κ2) is 6.74. The van der Waals surface area contributed by atoms with Crippen molar-refractivity contribution < 1.29 is 19.1 Å². The molecule has 1 aliphatic carbocycles. The van der Waals surface area contributed by atoms with Gasteiger partial charge in [-0.25, -0.2) is 0 Å². The Morgan fingerprint density at radius 2 is 2.14 bits per heavy atom. The molecule has 0 unspecified atom stereocenters. The first-order chi connectivity index (χ1) is 10.1. The number of ether oxygens (including phenoxy) is 2. The predicted molar refractivity (Wildman–Crippen MR) is 79.4 cm³/mol. The smallest absolute Gasteiger partial charge is 0.307 e. The highest BCUT2D eigenvalue weighted by atomic mass is 16.5. The van der Waals surface area contributed by atoms with E-state index in [0.717, 1.165) is 18.4 Å². The van der Waals surface area contributed by atoms with Gasteiger partial charge in [0.1, 0.15) is 11.5 Å². The number of carbonyl (C=O) groups excluding carboxylic acids is 2. The normalized spacial score (nSPS) is 21.9. The molecule has 2 rings (SSSR count). The van der Waals surface area contributed by atoms with Gasteiger partial charge in [-0.2, -0.15) is 0 Å². The van der Waals surface area contributed by atoms with Crippen molar-refractivity contribution in [3.8, 4) is 5.75 Å². The number of Topliss-reactive ketones (excluding diaryl/α,β-unsaturated/α-hetero) is 1. The molecule has 0 amide bonds. The van der Waals surface area contributed by atoms with Gasteiger partial charge in [-0.3, -0.25) is 9.59 Å². The number of hydrogen-bond donors (Lipinski definition) is 0. The van der Waals surface area contributed by atoms with Crippen LogP contribution in [0.4, 0.5) is 0 Å². The van der Waals surface area contributed by atoms with Crippen LogP contribution in [0.2, 0.25) is 0 Å². The van der Waals surface area contributed by atoms with E-state index in [0.29, 0.717) is 25.2 Å². The standard InChI is InChI=1S/C17H22O4/c1-3-21-16(19)12-17(10-5-4-9-15(17)18)13-7-6-8-14(11-13)20-2/h6-8,11H,3-5,9-10,12H2,1-2H3/t17-/m1/s1. The third-order valence-corrected chi connectivity index (χ3v) is 4.16.